The average Bonchev–Trinajstić information content (AvgIpc) is 2.24. The number of hydrogen-bond acceptors (Lipinski definition) is 4. The first-order valence-electron chi connectivity index (χ1n) is 5.40. The molecular weight excluding hydrogens is 299 g/mol. The number of rotatable bonds is 4. The Balaban J connectivity index is 2.94. The second kappa shape index (κ2) is 5.49. The van der Waals surface area contributed by atoms with E-state index >= 15 is 0 Å². The highest BCUT2D eigenvalue weighted by Gasteiger charge is 2.52. The smallest absolute Gasteiger partial charge is 0.381 e. The molecule has 4 nitrogen and oxygen atoms in total. The molecule has 19 heavy (non-hydrogen) atoms. The van der Waals surface area contributed by atoms with Crippen molar-refractivity contribution in [3.8, 4) is 0 Å². The van der Waals surface area contributed by atoms with Crippen molar-refractivity contribution in [3.63, 3.8) is 0 Å². The number of hydrogen-bond donors (Lipinski definition) is 0. The second-order valence-electron chi connectivity index (χ2n) is 4.27. The van der Waals surface area contributed by atoms with Crippen molar-refractivity contribution < 1.29 is 39.3 Å². The molecule has 1 aliphatic heterocycles. The zero-order valence-corrected chi connectivity index (χ0v) is 10.7. The first kappa shape index (κ1) is 16.6. The van der Waals surface area contributed by atoms with Gasteiger partial charge in [-0.3, -0.25) is 4.18 Å². The molecule has 1 aliphatic rings. The minimum Gasteiger partial charge on any atom is -0.381 e. The summed E-state index contributed by atoms with van der Waals surface area (Å²) in [6.07, 6.45) is -8.02. The molecule has 0 aromatic rings. The molecule has 0 saturated carbocycles. The van der Waals surface area contributed by atoms with E-state index in [2.05, 4.69) is 4.18 Å². The molecule has 0 aromatic heterocycles. The van der Waals surface area contributed by atoms with Crippen LogP contribution in [0.2, 0.25) is 0 Å². The molecule has 0 aromatic carbocycles. The Morgan fingerprint density at radius 1 is 1.16 bits per heavy atom. The van der Waals surface area contributed by atoms with Gasteiger partial charge in [-0.25, -0.2) is 0 Å². The summed E-state index contributed by atoms with van der Waals surface area (Å²) in [5.41, 5.74) is 0. The van der Waals surface area contributed by atoms with Gasteiger partial charge >= 0.3 is 21.5 Å². The van der Waals surface area contributed by atoms with Crippen LogP contribution in [-0.4, -0.2) is 39.2 Å². The highest BCUT2D eigenvalue weighted by atomic mass is 32.2. The molecule has 0 spiro atoms. The standard InChI is InChI=1S/C9H13F5O4S/c1-8(10,11)19(15,16)18-7(9(12,13)14)6-2-4-17-5-3-6/h6-7H,2-5H2,1H3. The molecule has 0 aliphatic carbocycles. The third-order valence-corrected chi connectivity index (χ3v) is 4.02. The lowest BCUT2D eigenvalue weighted by Gasteiger charge is -2.31. The highest BCUT2D eigenvalue weighted by Crippen LogP contribution is 2.37. The molecule has 1 saturated heterocycles. The Morgan fingerprint density at radius 2 is 1.63 bits per heavy atom. The van der Waals surface area contributed by atoms with Crippen LogP contribution in [0.3, 0.4) is 0 Å². The Hall–Kier alpha value is -0.480. The summed E-state index contributed by atoms with van der Waals surface area (Å²) in [6.45, 7) is -0.0217. The molecule has 1 unspecified atom stereocenters. The van der Waals surface area contributed by atoms with Gasteiger partial charge in [0.25, 0.3) is 0 Å². The molecule has 0 bridgehead atoms. The molecule has 114 valence electrons. The topological polar surface area (TPSA) is 52.6 Å². The van der Waals surface area contributed by atoms with E-state index in [0.29, 0.717) is 0 Å². The maximum Gasteiger partial charge on any atom is 0.416 e. The van der Waals surface area contributed by atoms with E-state index in [1.165, 1.54) is 0 Å². The van der Waals surface area contributed by atoms with Gasteiger partial charge in [0.1, 0.15) is 0 Å². The van der Waals surface area contributed by atoms with Gasteiger partial charge in [0.2, 0.25) is 0 Å². The molecule has 1 rings (SSSR count). The SMILES string of the molecule is CC(F)(F)S(=O)(=O)OC(C1CCOCC1)C(F)(F)F. The Labute approximate surface area is 107 Å². The fourth-order valence-corrected chi connectivity index (χ4v) is 2.35. The van der Waals surface area contributed by atoms with Gasteiger partial charge in [0.15, 0.2) is 6.10 Å². The third-order valence-electron chi connectivity index (χ3n) is 2.69. The van der Waals surface area contributed by atoms with Crippen molar-refractivity contribution in [1.82, 2.24) is 0 Å². The van der Waals surface area contributed by atoms with Gasteiger partial charge in [0, 0.05) is 20.1 Å². The Kier molecular flexibility index (Phi) is 4.79. The van der Waals surface area contributed by atoms with Gasteiger partial charge in [-0.2, -0.15) is 30.4 Å². The molecule has 0 radical (unpaired) electrons. The number of ether oxygens (including phenoxy) is 1. The number of alkyl halides is 5. The Morgan fingerprint density at radius 3 is 2.00 bits per heavy atom. The van der Waals surface area contributed by atoms with Crippen LogP contribution in [0, 0.1) is 5.92 Å². The third kappa shape index (κ3) is 4.25. The molecule has 1 atom stereocenters. The van der Waals surface area contributed by atoms with Crippen molar-refractivity contribution >= 4 is 10.1 Å². The summed E-state index contributed by atoms with van der Waals surface area (Å²) >= 11 is 0. The van der Waals surface area contributed by atoms with Gasteiger partial charge in [-0.15, -0.1) is 0 Å². The zero-order chi connectivity index (χ0) is 14.9. The van der Waals surface area contributed by atoms with E-state index in [1.54, 1.807) is 0 Å². The van der Waals surface area contributed by atoms with Gasteiger partial charge in [-0.05, 0) is 18.8 Å². The van der Waals surface area contributed by atoms with Crippen LogP contribution in [-0.2, 0) is 19.0 Å². The van der Waals surface area contributed by atoms with Crippen LogP contribution < -0.4 is 0 Å². The van der Waals surface area contributed by atoms with Crippen molar-refractivity contribution in [2.75, 3.05) is 13.2 Å². The van der Waals surface area contributed by atoms with E-state index in [4.69, 9.17) is 4.74 Å². The second-order valence-corrected chi connectivity index (χ2v) is 6.09. The normalized spacial score (nSPS) is 21.4. The van der Waals surface area contributed by atoms with Crippen LogP contribution in [0.1, 0.15) is 19.8 Å². The lowest BCUT2D eigenvalue weighted by molar-refractivity contribution is -0.216. The predicted molar refractivity (Wildman–Crippen MR) is 54.0 cm³/mol. The van der Waals surface area contributed by atoms with E-state index in [9.17, 15) is 30.4 Å². The summed E-state index contributed by atoms with van der Waals surface area (Å²) in [6, 6.07) is 0. The molecule has 0 amide bonds. The summed E-state index contributed by atoms with van der Waals surface area (Å²) in [5.74, 6) is -1.22. The minimum atomic E-state index is -5.62. The maximum atomic E-state index is 12.7. The molecule has 10 heteroatoms. The average molecular weight is 312 g/mol. The molecule has 0 N–H and O–H groups in total. The van der Waals surface area contributed by atoms with Gasteiger partial charge in [0.05, 0.1) is 0 Å². The quantitative estimate of drug-likeness (QED) is 0.590. The van der Waals surface area contributed by atoms with Crippen molar-refractivity contribution in [2.45, 2.75) is 37.3 Å². The van der Waals surface area contributed by atoms with E-state index in [1.807, 2.05) is 0 Å². The predicted octanol–water partition coefficient (Wildman–Crippen LogP) is 2.30. The molecular formula is C9H13F5O4S. The first-order chi connectivity index (χ1) is 8.45. The monoisotopic (exact) mass is 312 g/mol. The molecule has 1 fully saturated rings. The summed E-state index contributed by atoms with van der Waals surface area (Å²) in [7, 11) is -5.62. The van der Waals surface area contributed by atoms with Gasteiger partial charge < -0.3 is 4.74 Å². The minimum absolute atomic E-state index is 0.00315. The van der Waals surface area contributed by atoms with E-state index in [-0.39, 0.29) is 33.0 Å². The van der Waals surface area contributed by atoms with Crippen molar-refractivity contribution in [1.29, 1.82) is 0 Å². The summed E-state index contributed by atoms with van der Waals surface area (Å²) in [4.78, 5) is 0. The van der Waals surface area contributed by atoms with Crippen molar-refractivity contribution in [3.05, 3.63) is 0 Å². The summed E-state index contributed by atoms with van der Waals surface area (Å²) < 4.78 is 94.3. The van der Waals surface area contributed by atoms with Crippen LogP contribution >= 0.6 is 0 Å². The number of halogens is 5. The summed E-state index contributed by atoms with van der Waals surface area (Å²) in [5, 5.41) is -4.39. The van der Waals surface area contributed by atoms with Crippen LogP contribution in [0.5, 0.6) is 0 Å². The van der Waals surface area contributed by atoms with Crippen molar-refractivity contribution in [2.24, 2.45) is 5.92 Å². The lowest BCUT2D eigenvalue weighted by Crippen LogP contribution is -2.44. The molecule has 1 heterocycles. The highest BCUT2D eigenvalue weighted by molar-refractivity contribution is 7.87. The zero-order valence-electron chi connectivity index (χ0n) is 9.91. The van der Waals surface area contributed by atoms with Crippen LogP contribution in [0.25, 0.3) is 0 Å². The fraction of sp³-hybridized carbons (Fsp3) is 1.00. The van der Waals surface area contributed by atoms with E-state index in [0.717, 1.165) is 0 Å². The lowest BCUT2D eigenvalue weighted by atomic mass is 9.94. The van der Waals surface area contributed by atoms with Crippen LogP contribution in [0.15, 0.2) is 0 Å². The fourth-order valence-electron chi connectivity index (χ4n) is 1.64. The maximum absolute atomic E-state index is 12.7. The van der Waals surface area contributed by atoms with Gasteiger partial charge in [-0.1, -0.05) is 0 Å². The first-order valence-corrected chi connectivity index (χ1v) is 6.81. The van der Waals surface area contributed by atoms with Crippen LogP contribution in [0.4, 0.5) is 22.0 Å². The van der Waals surface area contributed by atoms with E-state index < -0.39 is 33.6 Å². The largest absolute Gasteiger partial charge is 0.416 e. The Bertz CT molecular complexity index is 394.